The standard InChI is InChI=1S/C9H10BrClN2O/c10-8-2-3-9(12-6-8)7-13-14-5-1-4-11/h1-4,6,13H,5,7H2/b4-1+. The van der Waals surface area contributed by atoms with Crippen LogP contribution in [-0.4, -0.2) is 11.6 Å². The summed E-state index contributed by atoms with van der Waals surface area (Å²) in [6.07, 6.45) is 3.44. The first-order valence-corrected chi connectivity index (χ1v) is 5.26. The fourth-order valence-corrected chi connectivity index (χ4v) is 1.09. The number of pyridine rings is 1. The topological polar surface area (TPSA) is 34.1 Å². The van der Waals surface area contributed by atoms with Gasteiger partial charge in [0.1, 0.15) is 0 Å². The van der Waals surface area contributed by atoms with E-state index in [0.29, 0.717) is 13.2 Å². The van der Waals surface area contributed by atoms with Gasteiger partial charge in [-0.15, -0.1) is 0 Å². The maximum absolute atomic E-state index is 5.31. The van der Waals surface area contributed by atoms with Crippen molar-refractivity contribution in [1.82, 2.24) is 10.5 Å². The molecule has 0 fully saturated rings. The Hall–Kier alpha value is -0.420. The number of halogens is 2. The summed E-state index contributed by atoms with van der Waals surface area (Å²) in [6, 6.07) is 3.85. The van der Waals surface area contributed by atoms with Crippen LogP contribution in [0.15, 0.2) is 34.4 Å². The molecule has 0 saturated carbocycles. The van der Waals surface area contributed by atoms with Crippen LogP contribution in [0.2, 0.25) is 0 Å². The molecule has 14 heavy (non-hydrogen) atoms. The van der Waals surface area contributed by atoms with Crippen LogP contribution >= 0.6 is 27.5 Å². The second-order valence-corrected chi connectivity index (χ2v) is 3.63. The van der Waals surface area contributed by atoms with Crippen LogP contribution in [0.4, 0.5) is 0 Å². The molecule has 0 aliphatic heterocycles. The van der Waals surface area contributed by atoms with Crippen LogP contribution < -0.4 is 5.48 Å². The average Bonchev–Trinajstić information content (AvgIpc) is 2.21. The summed E-state index contributed by atoms with van der Waals surface area (Å²) in [4.78, 5) is 9.20. The van der Waals surface area contributed by atoms with Crippen LogP contribution in [0.5, 0.6) is 0 Å². The van der Waals surface area contributed by atoms with Crippen molar-refractivity contribution in [3.63, 3.8) is 0 Å². The molecule has 1 aromatic rings. The number of aromatic nitrogens is 1. The van der Waals surface area contributed by atoms with Crippen molar-refractivity contribution in [3.05, 3.63) is 40.1 Å². The quantitative estimate of drug-likeness (QED) is 0.663. The highest BCUT2D eigenvalue weighted by atomic mass is 79.9. The molecule has 0 bridgehead atoms. The molecule has 0 spiro atoms. The van der Waals surface area contributed by atoms with Gasteiger partial charge in [-0.3, -0.25) is 9.82 Å². The van der Waals surface area contributed by atoms with Gasteiger partial charge in [0.05, 0.1) is 18.8 Å². The Labute approximate surface area is 96.2 Å². The van der Waals surface area contributed by atoms with Gasteiger partial charge in [0.15, 0.2) is 0 Å². The molecule has 76 valence electrons. The zero-order valence-electron chi connectivity index (χ0n) is 7.41. The number of nitrogens with one attached hydrogen (secondary N) is 1. The number of hydrogen-bond acceptors (Lipinski definition) is 3. The molecular formula is C9H10BrClN2O. The monoisotopic (exact) mass is 276 g/mol. The lowest BCUT2D eigenvalue weighted by molar-refractivity contribution is 0.0570. The minimum absolute atomic E-state index is 0.444. The van der Waals surface area contributed by atoms with Crippen molar-refractivity contribution in [3.8, 4) is 0 Å². The maximum Gasteiger partial charge on any atom is 0.0875 e. The summed E-state index contributed by atoms with van der Waals surface area (Å²) < 4.78 is 0.965. The second-order valence-electron chi connectivity index (χ2n) is 2.46. The van der Waals surface area contributed by atoms with Crippen LogP contribution in [0.1, 0.15) is 5.69 Å². The third kappa shape index (κ3) is 4.72. The van der Waals surface area contributed by atoms with E-state index in [9.17, 15) is 0 Å². The first-order valence-electron chi connectivity index (χ1n) is 4.03. The minimum Gasteiger partial charge on any atom is -0.297 e. The fraction of sp³-hybridized carbons (Fsp3) is 0.222. The molecule has 0 radical (unpaired) electrons. The SMILES string of the molecule is Cl/C=C/CONCc1ccc(Br)cn1. The molecule has 0 unspecified atom stereocenters. The molecule has 0 saturated heterocycles. The van der Waals surface area contributed by atoms with Gasteiger partial charge >= 0.3 is 0 Å². The summed E-state index contributed by atoms with van der Waals surface area (Å²) in [5.41, 5.74) is 5.10. The Morgan fingerprint density at radius 1 is 1.57 bits per heavy atom. The lowest BCUT2D eigenvalue weighted by Gasteiger charge is -2.02. The van der Waals surface area contributed by atoms with E-state index in [1.807, 2.05) is 12.1 Å². The maximum atomic E-state index is 5.31. The van der Waals surface area contributed by atoms with Crippen molar-refractivity contribution in [2.75, 3.05) is 6.61 Å². The third-order valence-electron chi connectivity index (χ3n) is 1.41. The third-order valence-corrected chi connectivity index (χ3v) is 2.06. The van der Waals surface area contributed by atoms with Gasteiger partial charge in [-0.25, -0.2) is 0 Å². The summed E-state index contributed by atoms with van der Waals surface area (Å²) in [5, 5.41) is 0. The summed E-state index contributed by atoms with van der Waals surface area (Å²) >= 11 is 8.62. The van der Waals surface area contributed by atoms with Crippen molar-refractivity contribution in [2.24, 2.45) is 0 Å². The fourth-order valence-electron chi connectivity index (χ4n) is 0.779. The van der Waals surface area contributed by atoms with Crippen molar-refractivity contribution < 1.29 is 4.84 Å². The number of hydroxylamine groups is 1. The van der Waals surface area contributed by atoms with Gasteiger partial charge in [-0.1, -0.05) is 11.6 Å². The Morgan fingerprint density at radius 3 is 3.07 bits per heavy atom. The Morgan fingerprint density at radius 2 is 2.43 bits per heavy atom. The second kappa shape index (κ2) is 6.95. The average molecular weight is 278 g/mol. The molecule has 0 aliphatic carbocycles. The van der Waals surface area contributed by atoms with Gasteiger partial charge in [0.2, 0.25) is 0 Å². The Bertz CT molecular complexity index is 289. The van der Waals surface area contributed by atoms with Gasteiger partial charge in [-0.2, -0.15) is 5.48 Å². The van der Waals surface area contributed by atoms with Crippen LogP contribution in [0.3, 0.4) is 0 Å². The van der Waals surface area contributed by atoms with Crippen molar-refractivity contribution in [1.29, 1.82) is 0 Å². The first-order chi connectivity index (χ1) is 6.83. The molecular weight excluding hydrogens is 267 g/mol. The zero-order valence-corrected chi connectivity index (χ0v) is 9.75. The van der Waals surface area contributed by atoms with Crippen molar-refractivity contribution >= 4 is 27.5 Å². The predicted molar refractivity (Wildman–Crippen MR) is 59.7 cm³/mol. The van der Waals surface area contributed by atoms with Gasteiger partial charge < -0.3 is 0 Å². The number of rotatable bonds is 5. The highest BCUT2D eigenvalue weighted by molar-refractivity contribution is 9.10. The lowest BCUT2D eigenvalue weighted by Crippen LogP contribution is -2.14. The van der Waals surface area contributed by atoms with Gasteiger partial charge in [0.25, 0.3) is 0 Å². The zero-order chi connectivity index (χ0) is 10.2. The van der Waals surface area contributed by atoms with E-state index in [1.165, 1.54) is 5.54 Å². The van der Waals surface area contributed by atoms with Crippen LogP contribution in [0.25, 0.3) is 0 Å². The van der Waals surface area contributed by atoms with E-state index in [-0.39, 0.29) is 0 Å². The van der Waals surface area contributed by atoms with E-state index in [1.54, 1.807) is 12.3 Å². The number of hydrogen-bond donors (Lipinski definition) is 1. The molecule has 0 atom stereocenters. The van der Waals surface area contributed by atoms with E-state index in [2.05, 4.69) is 26.4 Å². The van der Waals surface area contributed by atoms with Gasteiger partial charge in [0, 0.05) is 16.2 Å². The Balaban J connectivity index is 2.21. The summed E-state index contributed by atoms with van der Waals surface area (Å²) in [7, 11) is 0. The predicted octanol–water partition coefficient (Wildman–Crippen LogP) is 2.62. The smallest absolute Gasteiger partial charge is 0.0875 e. The minimum atomic E-state index is 0.444. The molecule has 1 N–H and O–H groups in total. The molecule has 3 nitrogen and oxygen atoms in total. The molecule has 1 rings (SSSR count). The molecule has 1 heterocycles. The Kier molecular flexibility index (Phi) is 5.78. The highest BCUT2D eigenvalue weighted by Crippen LogP contribution is 2.06. The van der Waals surface area contributed by atoms with E-state index < -0.39 is 0 Å². The molecule has 0 aliphatic rings. The highest BCUT2D eigenvalue weighted by Gasteiger charge is 1.93. The van der Waals surface area contributed by atoms with Gasteiger partial charge in [-0.05, 0) is 34.1 Å². The van der Waals surface area contributed by atoms with Crippen LogP contribution in [-0.2, 0) is 11.4 Å². The molecule has 0 aromatic carbocycles. The molecule has 5 heteroatoms. The normalized spacial score (nSPS) is 11.0. The first kappa shape index (κ1) is 11.7. The summed E-state index contributed by atoms with van der Waals surface area (Å²) in [6.45, 7) is 1.02. The molecule has 0 amide bonds. The van der Waals surface area contributed by atoms with E-state index in [0.717, 1.165) is 10.2 Å². The number of nitrogens with zero attached hydrogens (tertiary/aromatic N) is 1. The largest absolute Gasteiger partial charge is 0.297 e. The van der Waals surface area contributed by atoms with E-state index in [4.69, 9.17) is 16.4 Å². The van der Waals surface area contributed by atoms with E-state index >= 15 is 0 Å². The van der Waals surface area contributed by atoms with Crippen molar-refractivity contribution in [2.45, 2.75) is 6.54 Å². The summed E-state index contributed by atoms with van der Waals surface area (Å²) in [5.74, 6) is 0. The lowest BCUT2D eigenvalue weighted by atomic mass is 10.4. The molecule has 1 aromatic heterocycles. The van der Waals surface area contributed by atoms with Crippen LogP contribution in [0, 0.1) is 0 Å².